The summed E-state index contributed by atoms with van der Waals surface area (Å²) >= 11 is 0. The van der Waals surface area contributed by atoms with Crippen LogP contribution in [0.15, 0.2) is 0 Å². The van der Waals surface area contributed by atoms with Gasteiger partial charge >= 0.3 is 0 Å². The Labute approximate surface area is 280 Å². The van der Waals surface area contributed by atoms with Crippen molar-refractivity contribution in [3.05, 3.63) is 0 Å². The predicted molar refractivity (Wildman–Crippen MR) is 180 cm³/mol. The van der Waals surface area contributed by atoms with E-state index in [4.69, 9.17) is 0 Å². The lowest BCUT2D eigenvalue weighted by Gasteiger charge is -2.29. The monoisotopic (exact) mass is 667 g/mol. The van der Waals surface area contributed by atoms with Crippen molar-refractivity contribution in [3.63, 3.8) is 0 Å². The summed E-state index contributed by atoms with van der Waals surface area (Å²) in [6, 6.07) is -2.88. The number of hydrogen-bond donors (Lipinski definition) is 7. The molecular formula is C33H61N7O7. The van der Waals surface area contributed by atoms with Gasteiger partial charge in [-0.3, -0.25) is 33.6 Å². The summed E-state index contributed by atoms with van der Waals surface area (Å²) in [5.74, 6) is -5.39. The maximum atomic E-state index is 13.1. The number of amides is 7. The molecule has 0 aliphatic carbocycles. The molecule has 0 aromatic rings. The van der Waals surface area contributed by atoms with Crippen LogP contribution < -0.4 is 37.2 Å². The Kier molecular flexibility index (Phi) is 18.3. The third kappa shape index (κ3) is 13.9. The molecule has 7 N–H and O–H groups in total. The number of rotatable bonds is 18. The van der Waals surface area contributed by atoms with Crippen LogP contribution >= 0.6 is 0 Å². The average molecular weight is 668 g/mol. The van der Waals surface area contributed by atoms with Crippen molar-refractivity contribution in [3.8, 4) is 0 Å². The Hall–Kier alpha value is -3.71. The molecule has 0 fully saturated rings. The van der Waals surface area contributed by atoms with E-state index in [9.17, 15) is 33.6 Å². The van der Waals surface area contributed by atoms with Gasteiger partial charge < -0.3 is 37.2 Å². The molecule has 0 unspecified atom stereocenters. The first-order valence-electron chi connectivity index (χ1n) is 16.6. The van der Waals surface area contributed by atoms with Gasteiger partial charge in [0.2, 0.25) is 41.4 Å². The molecule has 0 spiro atoms. The van der Waals surface area contributed by atoms with Gasteiger partial charge in [-0.1, -0.05) is 41.5 Å². The minimum atomic E-state index is -0.630. The highest BCUT2D eigenvalue weighted by Gasteiger charge is 2.32. The molecule has 0 saturated carbocycles. The highest BCUT2D eigenvalue weighted by molar-refractivity contribution is 5.86. The average Bonchev–Trinajstić information content (AvgIpc) is 3.00. The summed E-state index contributed by atoms with van der Waals surface area (Å²) in [5, 5.41) is 19.5. The highest BCUT2D eigenvalue weighted by Crippen LogP contribution is 2.13. The second kappa shape index (κ2) is 19.8. The maximum Gasteiger partial charge on any atom is 0.225 e. The zero-order chi connectivity index (χ0) is 36.9. The molecule has 0 aliphatic heterocycles. The van der Waals surface area contributed by atoms with Gasteiger partial charge in [0.1, 0.15) is 0 Å². The Morgan fingerprint density at radius 3 is 0.660 bits per heavy atom. The van der Waals surface area contributed by atoms with Crippen LogP contribution in [-0.2, 0) is 33.6 Å². The second-order valence-corrected chi connectivity index (χ2v) is 13.3. The molecule has 0 heterocycles. The molecule has 0 aromatic carbocycles. The van der Waals surface area contributed by atoms with Gasteiger partial charge in [-0.05, 0) is 41.5 Å². The summed E-state index contributed by atoms with van der Waals surface area (Å²) in [6.45, 7) is 21.8. The zero-order valence-corrected chi connectivity index (χ0v) is 30.8. The lowest BCUT2D eigenvalue weighted by molar-refractivity contribution is -0.131. The van der Waals surface area contributed by atoms with Crippen LogP contribution in [0.5, 0.6) is 0 Å². The van der Waals surface area contributed by atoms with Gasteiger partial charge in [0.05, 0.1) is 35.5 Å². The number of hydrogen-bond acceptors (Lipinski definition) is 7. The molecule has 47 heavy (non-hydrogen) atoms. The van der Waals surface area contributed by atoms with Crippen LogP contribution in [0.3, 0.4) is 0 Å². The van der Waals surface area contributed by atoms with E-state index in [1.165, 1.54) is 14.0 Å². The van der Waals surface area contributed by atoms with E-state index in [2.05, 4.69) is 37.2 Å². The molecule has 0 aliphatic rings. The molecule has 7 amide bonds. The molecule has 270 valence electrons. The number of carbonyl (C=O) groups excluding carboxylic acids is 7. The molecule has 0 saturated heterocycles. The Balaban J connectivity index is 5.00. The summed E-state index contributed by atoms with van der Waals surface area (Å²) in [7, 11) is 1.53. The van der Waals surface area contributed by atoms with Crippen molar-refractivity contribution in [1.82, 2.24) is 37.2 Å². The number of nitrogens with one attached hydrogen (secondary N) is 7. The standard InChI is InChI=1S/C33H61N7O7/c1-15(28(42)34-14)22(8)36-30(44)17(3)24(10)38-32(46)19(5)26(12)40-33(47)20(6)25(11)39-31(45)18(4)23(9)37-29(43)16(2)21(7)35-27(13)41/h15-26H,1-14H3,(H,34,42)(H,35,41)(H,36,44)(H,37,43)(H,38,46)(H,39,45)(H,40,47)/t15-,16-,17-,18-,19-,20-,21+,22+,23+,24+,25+,26+/m1/s1. The van der Waals surface area contributed by atoms with Gasteiger partial charge in [-0.15, -0.1) is 0 Å². The lowest BCUT2D eigenvalue weighted by atomic mass is 9.96. The van der Waals surface area contributed by atoms with E-state index in [0.29, 0.717) is 0 Å². The quantitative estimate of drug-likeness (QED) is 0.111. The lowest BCUT2D eigenvalue weighted by Crippen LogP contribution is -2.53. The normalized spacial score (nSPS) is 18.9. The highest BCUT2D eigenvalue weighted by atomic mass is 16.2. The summed E-state index contributed by atoms with van der Waals surface area (Å²) in [6.07, 6.45) is 0. The fourth-order valence-corrected chi connectivity index (χ4v) is 4.44. The van der Waals surface area contributed by atoms with Crippen LogP contribution in [0.4, 0.5) is 0 Å². The summed E-state index contributed by atoms with van der Waals surface area (Å²) < 4.78 is 0. The van der Waals surface area contributed by atoms with Gasteiger partial charge in [0, 0.05) is 50.2 Å². The van der Waals surface area contributed by atoms with E-state index < -0.39 is 65.7 Å². The fourth-order valence-electron chi connectivity index (χ4n) is 4.44. The molecular weight excluding hydrogens is 606 g/mol. The van der Waals surface area contributed by atoms with Crippen molar-refractivity contribution < 1.29 is 33.6 Å². The van der Waals surface area contributed by atoms with Crippen molar-refractivity contribution in [2.75, 3.05) is 7.05 Å². The molecule has 12 atom stereocenters. The van der Waals surface area contributed by atoms with Crippen molar-refractivity contribution >= 4 is 41.4 Å². The first-order valence-corrected chi connectivity index (χ1v) is 16.6. The number of carbonyl (C=O) groups is 7. The molecule has 0 radical (unpaired) electrons. The fraction of sp³-hybridized carbons (Fsp3) is 0.788. The minimum absolute atomic E-state index is 0.186. The summed E-state index contributed by atoms with van der Waals surface area (Å²) in [4.78, 5) is 87.6. The van der Waals surface area contributed by atoms with Crippen LogP contribution in [0.25, 0.3) is 0 Å². The van der Waals surface area contributed by atoms with Crippen molar-refractivity contribution in [1.29, 1.82) is 0 Å². The van der Waals surface area contributed by atoms with Crippen molar-refractivity contribution in [2.45, 2.75) is 126 Å². The Morgan fingerprint density at radius 2 is 0.489 bits per heavy atom. The van der Waals surface area contributed by atoms with E-state index in [-0.39, 0.29) is 47.4 Å². The van der Waals surface area contributed by atoms with Gasteiger partial charge in [-0.2, -0.15) is 0 Å². The minimum Gasteiger partial charge on any atom is -0.359 e. The van der Waals surface area contributed by atoms with Gasteiger partial charge in [0.25, 0.3) is 0 Å². The molecule has 0 bridgehead atoms. The topological polar surface area (TPSA) is 204 Å². The van der Waals surface area contributed by atoms with Crippen molar-refractivity contribution in [2.24, 2.45) is 35.5 Å². The molecule has 14 nitrogen and oxygen atoms in total. The Bertz CT molecular complexity index is 1120. The molecule has 0 rings (SSSR count). The molecule has 0 aromatic heterocycles. The van der Waals surface area contributed by atoms with Crippen LogP contribution in [0, 0.1) is 35.5 Å². The van der Waals surface area contributed by atoms with E-state index in [1.807, 2.05) is 0 Å². The largest absolute Gasteiger partial charge is 0.359 e. The summed E-state index contributed by atoms with van der Waals surface area (Å²) in [5.41, 5.74) is 0. The van der Waals surface area contributed by atoms with Crippen LogP contribution in [0.2, 0.25) is 0 Å². The SMILES string of the molecule is CNC(=O)[C@H](C)[C@H](C)NC(=O)[C@H](C)[C@H](C)NC(=O)[C@H](C)[C@H](C)NC(=O)[C@H](C)[C@H](C)NC(=O)[C@H](C)[C@H](C)NC(=O)[C@H](C)[C@H](C)NC(C)=O. The van der Waals surface area contributed by atoms with Gasteiger partial charge in [-0.25, -0.2) is 0 Å². The van der Waals surface area contributed by atoms with E-state index >= 15 is 0 Å². The third-order valence-electron chi connectivity index (χ3n) is 9.51. The second-order valence-electron chi connectivity index (χ2n) is 13.3. The van der Waals surface area contributed by atoms with Gasteiger partial charge in [0.15, 0.2) is 0 Å². The van der Waals surface area contributed by atoms with Crippen LogP contribution in [-0.4, -0.2) is 84.6 Å². The van der Waals surface area contributed by atoms with E-state index in [1.54, 1.807) is 83.1 Å². The first kappa shape index (κ1) is 43.3. The zero-order valence-electron chi connectivity index (χ0n) is 30.8. The molecule has 14 heteroatoms. The van der Waals surface area contributed by atoms with Crippen LogP contribution in [0.1, 0.15) is 90.0 Å². The predicted octanol–water partition coefficient (Wildman–Crippen LogP) is 0.597. The van der Waals surface area contributed by atoms with E-state index in [0.717, 1.165) is 0 Å². The smallest absolute Gasteiger partial charge is 0.225 e. The third-order valence-corrected chi connectivity index (χ3v) is 9.51. The maximum absolute atomic E-state index is 13.1. The first-order chi connectivity index (χ1) is 21.6. The Morgan fingerprint density at radius 1 is 0.319 bits per heavy atom.